The lowest BCUT2D eigenvalue weighted by Crippen LogP contribution is -2.48. The molecule has 6 nitrogen and oxygen atoms in total. The molecular formula is C13H30N4O2S. The second-order valence-electron chi connectivity index (χ2n) is 5.90. The van der Waals surface area contributed by atoms with Crippen molar-refractivity contribution in [3.05, 3.63) is 0 Å². The third kappa shape index (κ3) is 5.65. The molecule has 0 aromatic rings. The van der Waals surface area contributed by atoms with Gasteiger partial charge in [-0.3, -0.25) is 0 Å². The van der Waals surface area contributed by atoms with E-state index in [9.17, 15) is 8.42 Å². The molecule has 1 atom stereocenters. The SMILES string of the molecule is CNCC1CCCN(S(=O)(=O)NCCN(C)C(C)C)C1. The first kappa shape index (κ1) is 17.8. The van der Waals surface area contributed by atoms with E-state index in [1.807, 2.05) is 14.1 Å². The molecule has 0 aromatic carbocycles. The maximum Gasteiger partial charge on any atom is 0.279 e. The maximum absolute atomic E-state index is 12.3. The average molecular weight is 306 g/mol. The molecule has 7 heteroatoms. The fourth-order valence-electron chi connectivity index (χ4n) is 2.40. The van der Waals surface area contributed by atoms with Crippen LogP contribution in [0, 0.1) is 5.92 Å². The van der Waals surface area contributed by atoms with E-state index in [0.29, 0.717) is 31.6 Å². The minimum absolute atomic E-state index is 0.420. The monoisotopic (exact) mass is 306 g/mol. The Morgan fingerprint density at radius 1 is 1.40 bits per heavy atom. The smallest absolute Gasteiger partial charge is 0.279 e. The Kier molecular flexibility index (Phi) is 7.39. The molecule has 1 rings (SSSR count). The fraction of sp³-hybridized carbons (Fsp3) is 1.00. The van der Waals surface area contributed by atoms with E-state index < -0.39 is 10.2 Å². The Labute approximate surface area is 124 Å². The Hall–Kier alpha value is -0.210. The number of nitrogens with zero attached hydrogens (tertiary/aromatic N) is 2. The van der Waals surface area contributed by atoms with Crippen molar-refractivity contribution in [1.82, 2.24) is 19.2 Å². The largest absolute Gasteiger partial charge is 0.319 e. The zero-order valence-electron chi connectivity index (χ0n) is 13.2. The van der Waals surface area contributed by atoms with Crippen molar-refractivity contribution in [2.75, 3.05) is 46.8 Å². The van der Waals surface area contributed by atoms with Gasteiger partial charge in [0.2, 0.25) is 0 Å². The van der Waals surface area contributed by atoms with Gasteiger partial charge < -0.3 is 10.2 Å². The topological polar surface area (TPSA) is 64.7 Å². The standard InChI is InChI=1S/C13H30N4O2S/c1-12(2)16(4)9-7-15-20(18,19)17-8-5-6-13(11-17)10-14-3/h12-15H,5-11H2,1-4H3. The number of piperidine rings is 1. The van der Waals surface area contributed by atoms with Crippen molar-refractivity contribution in [2.24, 2.45) is 5.92 Å². The molecule has 0 bridgehead atoms. The van der Waals surface area contributed by atoms with Crippen LogP contribution in [0.4, 0.5) is 0 Å². The van der Waals surface area contributed by atoms with E-state index in [1.54, 1.807) is 4.31 Å². The fourth-order valence-corrected chi connectivity index (χ4v) is 3.71. The van der Waals surface area contributed by atoms with Crippen LogP contribution in [0.2, 0.25) is 0 Å². The van der Waals surface area contributed by atoms with Gasteiger partial charge in [0.05, 0.1) is 0 Å². The highest BCUT2D eigenvalue weighted by Crippen LogP contribution is 2.17. The van der Waals surface area contributed by atoms with Gasteiger partial charge in [-0.15, -0.1) is 0 Å². The van der Waals surface area contributed by atoms with Gasteiger partial charge in [0.15, 0.2) is 0 Å². The van der Waals surface area contributed by atoms with Gasteiger partial charge in [-0.25, -0.2) is 4.72 Å². The summed E-state index contributed by atoms with van der Waals surface area (Å²) in [5.74, 6) is 0.420. The first-order valence-electron chi connectivity index (χ1n) is 7.46. The highest BCUT2D eigenvalue weighted by molar-refractivity contribution is 7.87. The minimum Gasteiger partial charge on any atom is -0.319 e. The molecule has 1 saturated heterocycles. The van der Waals surface area contributed by atoms with Crippen LogP contribution < -0.4 is 10.0 Å². The second kappa shape index (κ2) is 8.29. The lowest BCUT2D eigenvalue weighted by atomic mass is 10.00. The Bertz CT molecular complexity index is 371. The highest BCUT2D eigenvalue weighted by atomic mass is 32.2. The summed E-state index contributed by atoms with van der Waals surface area (Å²) < 4.78 is 28.8. The molecule has 1 aliphatic heterocycles. The van der Waals surface area contributed by atoms with Crippen LogP contribution in [0.5, 0.6) is 0 Å². The minimum atomic E-state index is -3.33. The number of hydrogen-bond donors (Lipinski definition) is 2. The Morgan fingerprint density at radius 3 is 2.70 bits per heavy atom. The molecule has 1 unspecified atom stereocenters. The Balaban J connectivity index is 2.43. The van der Waals surface area contributed by atoms with Gasteiger partial charge in [-0.1, -0.05) is 0 Å². The molecule has 2 N–H and O–H groups in total. The van der Waals surface area contributed by atoms with Gasteiger partial charge in [0.1, 0.15) is 0 Å². The van der Waals surface area contributed by atoms with E-state index in [-0.39, 0.29) is 0 Å². The van der Waals surface area contributed by atoms with Gasteiger partial charge in [0, 0.05) is 32.2 Å². The summed E-state index contributed by atoms with van der Waals surface area (Å²) in [6.07, 6.45) is 2.04. The van der Waals surface area contributed by atoms with E-state index in [2.05, 4.69) is 28.8 Å². The van der Waals surface area contributed by atoms with Crippen LogP contribution in [-0.4, -0.2) is 70.5 Å². The highest BCUT2D eigenvalue weighted by Gasteiger charge is 2.28. The average Bonchev–Trinajstić information content (AvgIpc) is 2.39. The van der Waals surface area contributed by atoms with Crippen LogP contribution in [0.3, 0.4) is 0 Å². The molecule has 1 heterocycles. The summed E-state index contributed by atoms with van der Waals surface area (Å²) in [4.78, 5) is 2.13. The lowest BCUT2D eigenvalue weighted by molar-refractivity contribution is 0.256. The van der Waals surface area contributed by atoms with Crippen LogP contribution in [-0.2, 0) is 10.2 Å². The first-order valence-corrected chi connectivity index (χ1v) is 8.90. The predicted molar refractivity (Wildman–Crippen MR) is 82.9 cm³/mol. The summed E-state index contributed by atoms with van der Waals surface area (Å²) in [6.45, 7) is 7.52. The third-order valence-corrected chi connectivity index (χ3v) is 5.53. The molecule has 0 radical (unpaired) electrons. The zero-order valence-corrected chi connectivity index (χ0v) is 14.0. The van der Waals surface area contributed by atoms with Gasteiger partial charge in [-0.2, -0.15) is 12.7 Å². The first-order chi connectivity index (χ1) is 9.36. The molecule has 0 spiro atoms. The van der Waals surface area contributed by atoms with Gasteiger partial charge in [0.25, 0.3) is 10.2 Å². The Morgan fingerprint density at radius 2 is 2.10 bits per heavy atom. The van der Waals surface area contributed by atoms with Crippen molar-refractivity contribution in [2.45, 2.75) is 32.7 Å². The summed E-state index contributed by atoms with van der Waals surface area (Å²) in [6, 6.07) is 0.425. The van der Waals surface area contributed by atoms with Crippen LogP contribution in [0.15, 0.2) is 0 Å². The normalized spacial score (nSPS) is 21.8. The van der Waals surface area contributed by atoms with E-state index in [0.717, 1.165) is 25.9 Å². The maximum atomic E-state index is 12.3. The summed E-state index contributed by atoms with van der Waals surface area (Å²) >= 11 is 0. The van der Waals surface area contributed by atoms with Crippen LogP contribution in [0.25, 0.3) is 0 Å². The predicted octanol–water partition coefficient (Wildman–Crippen LogP) is 0.0924. The number of likely N-dealkylation sites (N-methyl/N-ethyl adjacent to an activating group) is 1. The molecule has 120 valence electrons. The van der Waals surface area contributed by atoms with Crippen LogP contribution >= 0.6 is 0 Å². The second-order valence-corrected chi connectivity index (χ2v) is 7.65. The van der Waals surface area contributed by atoms with E-state index in [1.165, 1.54) is 0 Å². The quantitative estimate of drug-likeness (QED) is 0.667. The summed E-state index contributed by atoms with van der Waals surface area (Å²) in [5.41, 5.74) is 0. The summed E-state index contributed by atoms with van der Waals surface area (Å²) in [5, 5.41) is 3.13. The van der Waals surface area contributed by atoms with Crippen molar-refractivity contribution >= 4 is 10.2 Å². The molecule has 0 aromatic heterocycles. The van der Waals surface area contributed by atoms with Crippen LogP contribution in [0.1, 0.15) is 26.7 Å². The number of hydrogen-bond acceptors (Lipinski definition) is 4. The van der Waals surface area contributed by atoms with Crippen molar-refractivity contribution in [3.8, 4) is 0 Å². The molecule has 20 heavy (non-hydrogen) atoms. The van der Waals surface area contributed by atoms with Crippen molar-refractivity contribution in [3.63, 3.8) is 0 Å². The van der Waals surface area contributed by atoms with Gasteiger partial charge >= 0.3 is 0 Å². The van der Waals surface area contributed by atoms with Crippen molar-refractivity contribution in [1.29, 1.82) is 0 Å². The van der Waals surface area contributed by atoms with E-state index >= 15 is 0 Å². The lowest BCUT2D eigenvalue weighted by Gasteiger charge is -2.32. The molecule has 1 fully saturated rings. The van der Waals surface area contributed by atoms with E-state index in [4.69, 9.17) is 0 Å². The molecule has 0 amide bonds. The zero-order chi connectivity index (χ0) is 15.2. The molecule has 0 aliphatic carbocycles. The number of rotatable bonds is 8. The van der Waals surface area contributed by atoms with Gasteiger partial charge in [-0.05, 0) is 53.2 Å². The molecule has 0 saturated carbocycles. The third-order valence-electron chi connectivity index (χ3n) is 3.94. The number of nitrogens with one attached hydrogen (secondary N) is 2. The molecular weight excluding hydrogens is 276 g/mol. The van der Waals surface area contributed by atoms with Crippen molar-refractivity contribution < 1.29 is 8.42 Å². The molecule has 1 aliphatic rings. The summed E-state index contributed by atoms with van der Waals surface area (Å²) in [7, 11) is 0.586.